The van der Waals surface area contributed by atoms with Crippen molar-refractivity contribution in [3.63, 3.8) is 0 Å². The molecular formula is C22H21ClFN5O2. The first-order valence-corrected chi connectivity index (χ1v) is 10.2. The highest BCUT2D eigenvalue weighted by Gasteiger charge is 2.23. The van der Waals surface area contributed by atoms with Crippen LogP contribution in [0.4, 0.5) is 20.7 Å². The number of carbonyl (C=O) groups excluding carboxylic acids is 1. The molecule has 0 atom stereocenters. The van der Waals surface area contributed by atoms with Crippen molar-refractivity contribution in [1.29, 1.82) is 0 Å². The third-order valence-electron chi connectivity index (χ3n) is 5.12. The van der Waals surface area contributed by atoms with Crippen LogP contribution in [0.15, 0.2) is 54.6 Å². The molecule has 1 aromatic heterocycles. The van der Waals surface area contributed by atoms with Crippen LogP contribution in [0.1, 0.15) is 0 Å². The number of hydrogen-bond acceptors (Lipinski definition) is 5. The fourth-order valence-electron chi connectivity index (χ4n) is 3.35. The quantitative estimate of drug-likeness (QED) is 0.653. The number of benzene rings is 2. The smallest absolute Gasteiger partial charge is 0.322 e. The monoisotopic (exact) mass is 441 g/mol. The van der Waals surface area contributed by atoms with Gasteiger partial charge in [-0.1, -0.05) is 17.7 Å². The maximum Gasteiger partial charge on any atom is 0.322 e. The number of methoxy groups -OCH3 is 1. The zero-order valence-electron chi connectivity index (χ0n) is 16.9. The molecule has 0 spiro atoms. The zero-order valence-corrected chi connectivity index (χ0v) is 17.6. The van der Waals surface area contributed by atoms with Crippen molar-refractivity contribution in [3.8, 4) is 17.0 Å². The molecule has 0 radical (unpaired) electrons. The fourth-order valence-corrected chi connectivity index (χ4v) is 3.56. The number of nitrogens with zero attached hydrogens (tertiary/aromatic N) is 4. The van der Waals surface area contributed by atoms with Crippen molar-refractivity contribution >= 4 is 29.1 Å². The third-order valence-corrected chi connectivity index (χ3v) is 5.44. The highest BCUT2D eigenvalue weighted by molar-refractivity contribution is 6.33. The van der Waals surface area contributed by atoms with Gasteiger partial charge in [-0.15, -0.1) is 10.2 Å². The predicted molar refractivity (Wildman–Crippen MR) is 118 cm³/mol. The first-order valence-electron chi connectivity index (χ1n) is 9.78. The van der Waals surface area contributed by atoms with Gasteiger partial charge in [0.2, 0.25) is 0 Å². The Morgan fingerprint density at radius 1 is 1.03 bits per heavy atom. The Morgan fingerprint density at radius 3 is 2.39 bits per heavy atom. The number of amides is 2. The van der Waals surface area contributed by atoms with Gasteiger partial charge < -0.3 is 19.9 Å². The number of ether oxygens (including phenoxy) is 1. The second-order valence-electron chi connectivity index (χ2n) is 7.01. The lowest BCUT2D eigenvalue weighted by Gasteiger charge is -2.35. The molecule has 0 saturated carbocycles. The molecule has 1 fully saturated rings. The van der Waals surface area contributed by atoms with E-state index in [0.717, 1.165) is 22.8 Å². The summed E-state index contributed by atoms with van der Waals surface area (Å²) >= 11 is 5.98. The number of anilines is 2. The van der Waals surface area contributed by atoms with Crippen molar-refractivity contribution in [2.45, 2.75) is 0 Å². The minimum atomic E-state index is -0.563. The van der Waals surface area contributed by atoms with E-state index in [1.807, 2.05) is 36.4 Å². The topological polar surface area (TPSA) is 70.6 Å². The molecule has 2 aromatic carbocycles. The summed E-state index contributed by atoms with van der Waals surface area (Å²) in [5, 5.41) is 11.4. The van der Waals surface area contributed by atoms with Gasteiger partial charge in [0.05, 0.1) is 23.5 Å². The fraction of sp³-hybridized carbons (Fsp3) is 0.227. The van der Waals surface area contributed by atoms with Gasteiger partial charge in [-0.3, -0.25) is 0 Å². The van der Waals surface area contributed by atoms with Gasteiger partial charge in [0.15, 0.2) is 5.82 Å². The van der Waals surface area contributed by atoms with E-state index in [2.05, 4.69) is 20.4 Å². The molecule has 3 aromatic rings. The van der Waals surface area contributed by atoms with Crippen molar-refractivity contribution < 1.29 is 13.9 Å². The van der Waals surface area contributed by atoms with Crippen LogP contribution in [0.2, 0.25) is 5.02 Å². The summed E-state index contributed by atoms with van der Waals surface area (Å²) in [7, 11) is 1.63. The molecule has 4 rings (SSSR count). The van der Waals surface area contributed by atoms with Crippen LogP contribution < -0.4 is 15.0 Å². The first-order chi connectivity index (χ1) is 15.0. The van der Waals surface area contributed by atoms with Crippen LogP contribution in [0.3, 0.4) is 0 Å². The number of aromatic nitrogens is 2. The number of nitrogens with one attached hydrogen (secondary N) is 1. The van der Waals surface area contributed by atoms with Gasteiger partial charge in [0.1, 0.15) is 11.6 Å². The van der Waals surface area contributed by atoms with E-state index in [1.54, 1.807) is 12.0 Å². The molecule has 31 heavy (non-hydrogen) atoms. The molecule has 0 aliphatic carbocycles. The standard InChI is InChI=1S/C22H21ClFN5O2/c1-31-16-7-5-15(6-8-16)19-9-10-20(27-26-19)28-11-13-29(14-12-28)22(30)25-21-17(23)3-2-4-18(21)24/h2-10H,11-14H2,1H3,(H,25,30). The SMILES string of the molecule is COc1ccc(-c2ccc(N3CCN(C(=O)Nc4c(F)cccc4Cl)CC3)nn2)cc1. The van der Waals surface area contributed by atoms with Crippen molar-refractivity contribution in [2.75, 3.05) is 43.5 Å². The Morgan fingerprint density at radius 2 is 1.77 bits per heavy atom. The van der Waals surface area contributed by atoms with Crippen LogP contribution >= 0.6 is 11.6 Å². The van der Waals surface area contributed by atoms with E-state index in [1.165, 1.54) is 18.2 Å². The van der Waals surface area contributed by atoms with Crippen molar-refractivity contribution in [1.82, 2.24) is 15.1 Å². The van der Waals surface area contributed by atoms with Gasteiger partial charge in [0, 0.05) is 31.7 Å². The highest BCUT2D eigenvalue weighted by atomic mass is 35.5. The lowest BCUT2D eigenvalue weighted by Crippen LogP contribution is -2.50. The number of piperazine rings is 1. The molecule has 1 N–H and O–H groups in total. The Balaban J connectivity index is 1.35. The molecule has 2 amide bonds. The molecule has 0 bridgehead atoms. The maximum absolute atomic E-state index is 13.9. The average molecular weight is 442 g/mol. The van der Waals surface area contributed by atoms with E-state index in [4.69, 9.17) is 16.3 Å². The van der Waals surface area contributed by atoms with E-state index >= 15 is 0 Å². The largest absolute Gasteiger partial charge is 0.497 e. The Bertz CT molecular complexity index is 1030. The molecule has 0 unspecified atom stereocenters. The molecule has 160 valence electrons. The predicted octanol–water partition coefficient (Wildman–Crippen LogP) is 4.30. The van der Waals surface area contributed by atoms with E-state index < -0.39 is 5.82 Å². The molecular weight excluding hydrogens is 421 g/mol. The average Bonchev–Trinajstić information content (AvgIpc) is 2.82. The van der Waals surface area contributed by atoms with Gasteiger partial charge >= 0.3 is 6.03 Å². The van der Waals surface area contributed by atoms with Crippen LogP contribution in [0.5, 0.6) is 5.75 Å². The molecule has 1 aliphatic heterocycles. The van der Waals surface area contributed by atoms with Crippen LogP contribution in [-0.4, -0.2) is 54.4 Å². The van der Waals surface area contributed by atoms with E-state index in [9.17, 15) is 9.18 Å². The number of urea groups is 1. The minimum Gasteiger partial charge on any atom is -0.497 e. The Kier molecular flexibility index (Phi) is 6.18. The first kappa shape index (κ1) is 20.9. The lowest BCUT2D eigenvalue weighted by atomic mass is 10.1. The summed E-state index contributed by atoms with van der Waals surface area (Å²) in [5.74, 6) is 0.966. The van der Waals surface area contributed by atoms with Crippen LogP contribution in [0, 0.1) is 5.82 Å². The van der Waals surface area contributed by atoms with Gasteiger partial charge in [-0.2, -0.15) is 0 Å². The van der Waals surface area contributed by atoms with E-state index in [0.29, 0.717) is 26.2 Å². The summed E-state index contributed by atoms with van der Waals surface area (Å²) < 4.78 is 19.1. The van der Waals surface area contributed by atoms with E-state index in [-0.39, 0.29) is 16.7 Å². The summed E-state index contributed by atoms with van der Waals surface area (Å²) in [6.07, 6.45) is 0. The van der Waals surface area contributed by atoms with Crippen molar-refractivity contribution in [2.24, 2.45) is 0 Å². The minimum absolute atomic E-state index is 0.00316. The maximum atomic E-state index is 13.9. The number of rotatable bonds is 4. The zero-order chi connectivity index (χ0) is 21.8. The van der Waals surface area contributed by atoms with Gasteiger partial charge in [-0.05, 0) is 48.5 Å². The normalized spacial score (nSPS) is 13.8. The highest BCUT2D eigenvalue weighted by Crippen LogP contribution is 2.25. The second-order valence-corrected chi connectivity index (χ2v) is 7.41. The van der Waals surface area contributed by atoms with Crippen molar-refractivity contribution in [3.05, 3.63) is 65.4 Å². The van der Waals surface area contributed by atoms with Crippen LogP contribution in [0.25, 0.3) is 11.3 Å². The third kappa shape index (κ3) is 4.69. The second kappa shape index (κ2) is 9.18. The van der Waals surface area contributed by atoms with Crippen LogP contribution in [-0.2, 0) is 0 Å². The Hall–Kier alpha value is -3.39. The molecule has 1 saturated heterocycles. The molecule has 9 heteroatoms. The molecule has 7 nitrogen and oxygen atoms in total. The summed E-state index contributed by atoms with van der Waals surface area (Å²) in [5.41, 5.74) is 1.72. The van der Waals surface area contributed by atoms with Gasteiger partial charge in [-0.25, -0.2) is 9.18 Å². The molecule has 1 aliphatic rings. The summed E-state index contributed by atoms with van der Waals surface area (Å²) in [6, 6.07) is 15.4. The number of para-hydroxylation sites is 1. The number of hydrogen-bond donors (Lipinski definition) is 1. The summed E-state index contributed by atoms with van der Waals surface area (Å²) in [6.45, 7) is 2.13. The lowest BCUT2D eigenvalue weighted by molar-refractivity contribution is 0.208. The number of halogens is 2. The summed E-state index contributed by atoms with van der Waals surface area (Å²) in [4.78, 5) is 16.2. The molecule has 2 heterocycles. The Labute approximate surface area is 184 Å². The number of carbonyl (C=O) groups is 1. The van der Waals surface area contributed by atoms with Gasteiger partial charge in [0.25, 0.3) is 0 Å².